The van der Waals surface area contributed by atoms with Gasteiger partial charge in [-0.05, 0) is 43.7 Å². The van der Waals surface area contributed by atoms with Crippen molar-refractivity contribution < 1.29 is 14.3 Å². The van der Waals surface area contributed by atoms with Crippen molar-refractivity contribution in [2.24, 2.45) is 0 Å². The number of aryl methyl sites for hydroxylation is 1. The summed E-state index contributed by atoms with van der Waals surface area (Å²) in [6, 6.07) is 22.6. The van der Waals surface area contributed by atoms with E-state index in [1.165, 1.54) is 0 Å². The molecule has 4 aromatic rings. The summed E-state index contributed by atoms with van der Waals surface area (Å²) in [5, 5.41) is 9.11. The predicted molar refractivity (Wildman–Crippen MR) is 110 cm³/mol. The molecule has 0 radical (unpaired) electrons. The molecule has 0 fully saturated rings. The van der Waals surface area contributed by atoms with Crippen molar-refractivity contribution in [2.75, 3.05) is 6.61 Å². The van der Waals surface area contributed by atoms with Crippen LogP contribution in [-0.2, 0) is 9.53 Å². The van der Waals surface area contributed by atoms with Gasteiger partial charge in [0.1, 0.15) is 22.5 Å². The third-order valence-corrected chi connectivity index (χ3v) is 4.46. The molecule has 0 aliphatic carbocycles. The largest absolute Gasteiger partial charge is 0.472 e. The number of ether oxygens (including phenoxy) is 2. The minimum Gasteiger partial charge on any atom is -0.472 e. The minimum absolute atomic E-state index is 0.276. The van der Waals surface area contributed by atoms with Gasteiger partial charge in [-0.25, -0.2) is 4.79 Å². The average Bonchev–Trinajstić information content (AvgIpc) is 3.17. The summed E-state index contributed by atoms with van der Waals surface area (Å²) in [6.45, 7) is 4.03. The maximum Gasteiger partial charge on any atom is 0.352 e. The standard InChI is InChI=1S/C23H21N3O3/c1-3-28-23(27)22(17-9-5-4-6-10-17)29-21-14-13-16(2)15-20(21)26-24-18-11-7-8-12-19(18)25-26/h4-15,22H,3H2,1-2H3. The summed E-state index contributed by atoms with van der Waals surface area (Å²) >= 11 is 0. The third kappa shape index (κ3) is 3.96. The van der Waals surface area contributed by atoms with Crippen molar-refractivity contribution in [1.82, 2.24) is 15.0 Å². The van der Waals surface area contributed by atoms with Crippen LogP contribution in [0.5, 0.6) is 5.75 Å². The zero-order valence-corrected chi connectivity index (χ0v) is 16.3. The number of hydrogen-bond donors (Lipinski definition) is 0. The Morgan fingerprint density at radius 1 is 0.966 bits per heavy atom. The maximum absolute atomic E-state index is 12.6. The fourth-order valence-electron chi connectivity index (χ4n) is 3.08. The van der Waals surface area contributed by atoms with Gasteiger partial charge in [-0.3, -0.25) is 0 Å². The van der Waals surface area contributed by atoms with Gasteiger partial charge in [-0.1, -0.05) is 48.5 Å². The lowest BCUT2D eigenvalue weighted by molar-refractivity contribution is -0.151. The number of carbonyl (C=O) groups is 1. The normalized spacial score (nSPS) is 11.9. The lowest BCUT2D eigenvalue weighted by Crippen LogP contribution is -2.22. The zero-order valence-electron chi connectivity index (χ0n) is 16.3. The molecular formula is C23H21N3O3. The Labute approximate surface area is 168 Å². The second kappa shape index (κ2) is 8.14. The van der Waals surface area contributed by atoms with Gasteiger partial charge in [0.25, 0.3) is 0 Å². The highest BCUT2D eigenvalue weighted by Gasteiger charge is 2.25. The van der Waals surface area contributed by atoms with E-state index in [2.05, 4.69) is 10.2 Å². The number of carbonyl (C=O) groups excluding carboxylic acids is 1. The van der Waals surface area contributed by atoms with Crippen molar-refractivity contribution in [3.8, 4) is 11.4 Å². The molecule has 3 aromatic carbocycles. The highest BCUT2D eigenvalue weighted by Crippen LogP contribution is 2.30. The molecule has 1 unspecified atom stereocenters. The third-order valence-electron chi connectivity index (χ3n) is 4.46. The topological polar surface area (TPSA) is 66.2 Å². The van der Waals surface area contributed by atoms with E-state index in [0.717, 1.165) is 22.2 Å². The van der Waals surface area contributed by atoms with E-state index in [1.807, 2.05) is 79.7 Å². The van der Waals surface area contributed by atoms with Crippen LogP contribution >= 0.6 is 0 Å². The van der Waals surface area contributed by atoms with E-state index in [4.69, 9.17) is 9.47 Å². The Kier molecular flexibility index (Phi) is 5.24. The fraction of sp³-hybridized carbons (Fsp3) is 0.174. The van der Waals surface area contributed by atoms with Crippen LogP contribution in [0.25, 0.3) is 16.7 Å². The van der Waals surface area contributed by atoms with E-state index in [-0.39, 0.29) is 6.61 Å². The monoisotopic (exact) mass is 387 g/mol. The molecule has 0 spiro atoms. The van der Waals surface area contributed by atoms with Gasteiger partial charge >= 0.3 is 5.97 Å². The first-order valence-corrected chi connectivity index (χ1v) is 9.47. The maximum atomic E-state index is 12.6. The van der Waals surface area contributed by atoms with Crippen LogP contribution in [0.3, 0.4) is 0 Å². The van der Waals surface area contributed by atoms with Crippen LogP contribution in [0.2, 0.25) is 0 Å². The van der Waals surface area contributed by atoms with E-state index >= 15 is 0 Å². The van der Waals surface area contributed by atoms with Gasteiger partial charge < -0.3 is 9.47 Å². The summed E-state index contributed by atoms with van der Waals surface area (Å²) in [5.74, 6) is 0.0571. The number of benzene rings is 3. The Morgan fingerprint density at radius 2 is 1.62 bits per heavy atom. The Balaban J connectivity index is 1.76. The molecule has 6 heteroatoms. The molecule has 6 nitrogen and oxygen atoms in total. The average molecular weight is 387 g/mol. The number of hydrogen-bond acceptors (Lipinski definition) is 5. The summed E-state index contributed by atoms with van der Waals surface area (Å²) in [5.41, 5.74) is 3.97. The van der Waals surface area contributed by atoms with Crippen LogP contribution in [-0.4, -0.2) is 27.6 Å². The first-order chi connectivity index (χ1) is 14.2. The van der Waals surface area contributed by atoms with E-state index in [1.54, 1.807) is 11.7 Å². The van der Waals surface area contributed by atoms with Crippen LogP contribution < -0.4 is 4.74 Å². The lowest BCUT2D eigenvalue weighted by Gasteiger charge is -2.20. The van der Waals surface area contributed by atoms with Gasteiger partial charge in [-0.2, -0.15) is 0 Å². The van der Waals surface area contributed by atoms with Gasteiger partial charge in [-0.15, -0.1) is 15.0 Å². The highest BCUT2D eigenvalue weighted by atomic mass is 16.6. The molecule has 1 heterocycles. The van der Waals surface area contributed by atoms with Crippen LogP contribution in [0.1, 0.15) is 24.2 Å². The van der Waals surface area contributed by atoms with Gasteiger partial charge in [0.2, 0.25) is 6.10 Å². The zero-order chi connectivity index (χ0) is 20.2. The van der Waals surface area contributed by atoms with Gasteiger partial charge in [0.05, 0.1) is 6.61 Å². The Morgan fingerprint density at radius 3 is 2.28 bits per heavy atom. The fourth-order valence-corrected chi connectivity index (χ4v) is 3.08. The molecule has 4 rings (SSSR count). The second-order valence-corrected chi connectivity index (χ2v) is 6.61. The first kappa shape index (κ1) is 18.7. The van der Waals surface area contributed by atoms with E-state index in [0.29, 0.717) is 11.4 Å². The molecule has 0 amide bonds. The van der Waals surface area contributed by atoms with Crippen molar-refractivity contribution in [1.29, 1.82) is 0 Å². The summed E-state index contributed by atoms with van der Waals surface area (Å²) in [7, 11) is 0. The smallest absolute Gasteiger partial charge is 0.352 e. The van der Waals surface area contributed by atoms with Gasteiger partial charge in [0.15, 0.2) is 0 Å². The van der Waals surface area contributed by atoms with Gasteiger partial charge in [0, 0.05) is 5.56 Å². The number of rotatable bonds is 6. The predicted octanol–water partition coefficient (Wildman–Crippen LogP) is 4.41. The SMILES string of the molecule is CCOC(=O)C(Oc1ccc(C)cc1-n1nc2ccccc2n1)c1ccccc1. The molecule has 0 bridgehead atoms. The van der Waals surface area contributed by atoms with Crippen molar-refractivity contribution in [2.45, 2.75) is 20.0 Å². The minimum atomic E-state index is -0.886. The summed E-state index contributed by atoms with van der Waals surface area (Å²) in [4.78, 5) is 14.2. The second-order valence-electron chi connectivity index (χ2n) is 6.61. The lowest BCUT2D eigenvalue weighted by atomic mass is 10.1. The molecule has 146 valence electrons. The molecule has 29 heavy (non-hydrogen) atoms. The molecule has 0 N–H and O–H groups in total. The molecule has 1 atom stereocenters. The van der Waals surface area contributed by atoms with Crippen LogP contribution in [0.15, 0.2) is 72.8 Å². The molecule has 0 aliphatic rings. The Bertz CT molecular complexity index is 1110. The molecule has 0 saturated carbocycles. The number of aromatic nitrogens is 3. The van der Waals surface area contributed by atoms with Crippen molar-refractivity contribution >= 4 is 17.0 Å². The van der Waals surface area contributed by atoms with E-state index in [9.17, 15) is 4.79 Å². The van der Waals surface area contributed by atoms with Crippen LogP contribution in [0.4, 0.5) is 0 Å². The number of nitrogens with zero attached hydrogens (tertiary/aromatic N) is 3. The molecular weight excluding hydrogens is 366 g/mol. The number of fused-ring (bicyclic) bond motifs is 1. The quantitative estimate of drug-likeness (QED) is 0.459. The van der Waals surface area contributed by atoms with Crippen molar-refractivity contribution in [3.05, 3.63) is 83.9 Å². The Hall–Kier alpha value is -3.67. The van der Waals surface area contributed by atoms with E-state index < -0.39 is 12.1 Å². The molecule has 1 aromatic heterocycles. The summed E-state index contributed by atoms with van der Waals surface area (Å²) < 4.78 is 11.4. The highest BCUT2D eigenvalue weighted by molar-refractivity contribution is 5.77. The van der Waals surface area contributed by atoms with Crippen LogP contribution in [0, 0.1) is 6.92 Å². The molecule has 0 saturated heterocycles. The molecule has 0 aliphatic heterocycles. The van der Waals surface area contributed by atoms with Crippen molar-refractivity contribution in [3.63, 3.8) is 0 Å². The number of esters is 1. The summed E-state index contributed by atoms with van der Waals surface area (Å²) in [6.07, 6.45) is -0.886. The first-order valence-electron chi connectivity index (χ1n) is 9.47.